The Hall–Kier alpha value is -1.55. The largest absolute Gasteiger partial charge is 0.489 e. The molecule has 0 spiro atoms. The lowest BCUT2D eigenvalue weighted by Gasteiger charge is -2.24. The topological polar surface area (TPSA) is 75.2 Å². The van der Waals surface area contributed by atoms with Crippen molar-refractivity contribution in [1.82, 2.24) is 15.5 Å². The second-order valence-corrected chi connectivity index (χ2v) is 7.40. The van der Waals surface area contributed by atoms with Crippen molar-refractivity contribution in [1.29, 1.82) is 0 Å². The van der Waals surface area contributed by atoms with Crippen molar-refractivity contribution in [3.8, 4) is 5.75 Å². The van der Waals surface area contributed by atoms with E-state index >= 15 is 0 Å². The fourth-order valence-corrected chi connectivity index (χ4v) is 2.83. The molecule has 8 heteroatoms. The molecule has 1 heterocycles. The Labute approximate surface area is 191 Å². The number of carbonyl (C=O) groups is 1. The number of benzene rings is 1. The zero-order valence-corrected chi connectivity index (χ0v) is 20.3. The van der Waals surface area contributed by atoms with Crippen LogP contribution in [0.2, 0.25) is 0 Å². The van der Waals surface area contributed by atoms with Gasteiger partial charge in [-0.3, -0.25) is 4.79 Å². The lowest BCUT2D eigenvalue weighted by Crippen LogP contribution is -2.45. The average molecular weight is 518 g/mol. The second kappa shape index (κ2) is 13.6. The van der Waals surface area contributed by atoms with Gasteiger partial charge in [-0.1, -0.05) is 18.2 Å². The van der Waals surface area contributed by atoms with E-state index in [0.717, 1.165) is 30.8 Å². The lowest BCUT2D eigenvalue weighted by molar-refractivity contribution is -0.127. The number of hydrogen-bond acceptors (Lipinski definition) is 4. The normalized spacial score (nSPS) is 17.7. The van der Waals surface area contributed by atoms with Crippen LogP contribution in [0.4, 0.5) is 0 Å². The van der Waals surface area contributed by atoms with Gasteiger partial charge in [-0.05, 0) is 44.7 Å². The van der Waals surface area contributed by atoms with Crippen LogP contribution in [0.3, 0.4) is 0 Å². The first kappa shape index (κ1) is 25.5. The van der Waals surface area contributed by atoms with Crippen LogP contribution in [0.5, 0.6) is 5.75 Å². The quantitative estimate of drug-likeness (QED) is 0.315. The van der Waals surface area contributed by atoms with Crippen LogP contribution in [0.15, 0.2) is 29.3 Å². The molecule has 1 aliphatic rings. The molecule has 0 aromatic heterocycles. The molecule has 7 nitrogen and oxygen atoms in total. The summed E-state index contributed by atoms with van der Waals surface area (Å²) in [5.74, 6) is 1.44. The first-order valence-electron chi connectivity index (χ1n) is 10.0. The van der Waals surface area contributed by atoms with Gasteiger partial charge in [0.2, 0.25) is 5.91 Å². The molecule has 0 aliphatic carbocycles. The van der Waals surface area contributed by atoms with Gasteiger partial charge in [-0.15, -0.1) is 24.0 Å². The highest BCUT2D eigenvalue weighted by atomic mass is 127. The number of nitrogens with one attached hydrogen (secondary N) is 2. The molecule has 0 bridgehead atoms. The maximum atomic E-state index is 11.9. The van der Waals surface area contributed by atoms with Crippen LogP contribution in [0.1, 0.15) is 31.7 Å². The van der Waals surface area contributed by atoms with Gasteiger partial charge in [-0.2, -0.15) is 0 Å². The predicted octanol–water partition coefficient (Wildman–Crippen LogP) is 2.57. The highest BCUT2D eigenvalue weighted by Crippen LogP contribution is 2.17. The van der Waals surface area contributed by atoms with Gasteiger partial charge in [0, 0.05) is 27.2 Å². The van der Waals surface area contributed by atoms with Gasteiger partial charge in [0.25, 0.3) is 0 Å². The number of aryl methyl sites for hydroxylation is 1. The van der Waals surface area contributed by atoms with Crippen molar-refractivity contribution in [3.63, 3.8) is 0 Å². The van der Waals surface area contributed by atoms with Crippen molar-refractivity contribution in [3.05, 3.63) is 29.8 Å². The molecule has 0 saturated carbocycles. The molecule has 2 atom stereocenters. The Kier molecular flexibility index (Phi) is 12.0. The minimum atomic E-state index is -0.0522. The molecule has 1 aromatic rings. The number of aliphatic imine (C=N–C) groups is 1. The zero-order chi connectivity index (χ0) is 20.4. The summed E-state index contributed by atoms with van der Waals surface area (Å²) in [4.78, 5) is 17.8. The van der Waals surface area contributed by atoms with Crippen LogP contribution in [0.25, 0.3) is 0 Å². The number of rotatable bonds is 8. The zero-order valence-electron chi connectivity index (χ0n) is 17.9. The average Bonchev–Trinajstić information content (AvgIpc) is 2.69. The lowest BCUT2D eigenvalue weighted by atomic mass is 10.1. The Bertz CT molecular complexity index is 649. The first-order chi connectivity index (χ1) is 13.5. The summed E-state index contributed by atoms with van der Waals surface area (Å²) >= 11 is 0. The van der Waals surface area contributed by atoms with Crippen molar-refractivity contribution >= 4 is 35.8 Å². The minimum absolute atomic E-state index is 0. The van der Waals surface area contributed by atoms with E-state index in [1.165, 1.54) is 11.3 Å². The maximum Gasteiger partial charge on any atom is 0.243 e. The van der Waals surface area contributed by atoms with Gasteiger partial charge < -0.3 is 25.0 Å². The summed E-state index contributed by atoms with van der Waals surface area (Å²) in [7, 11) is 3.46. The number of hydrogen-bond donors (Lipinski definition) is 2. The van der Waals surface area contributed by atoms with E-state index in [1.807, 2.05) is 38.1 Å². The summed E-state index contributed by atoms with van der Waals surface area (Å²) in [5, 5.41) is 6.58. The summed E-state index contributed by atoms with van der Waals surface area (Å²) in [6.07, 6.45) is 3.49. The minimum Gasteiger partial charge on any atom is -0.489 e. The van der Waals surface area contributed by atoms with Gasteiger partial charge in [-0.25, -0.2) is 4.99 Å². The monoisotopic (exact) mass is 518 g/mol. The van der Waals surface area contributed by atoms with E-state index in [0.29, 0.717) is 19.0 Å². The molecule has 1 aliphatic heterocycles. The van der Waals surface area contributed by atoms with Crippen LogP contribution in [-0.2, 0) is 9.53 Å². The molecule has 29 heavy (non-hydrogen) atoms. The predicted molar refractivity (Wildman–Crippen MR) is 127 cm³/mol. The van der Waals surface area contributed by atoms with Gasteiger partial charge in [0.15, 0.2) is 5.96 Å². The molecular formula is C21H35IN4O3. The Morgan fingerprint density at radius 2 is 2.07 bits per heavy atom. The van der Waals surface area contributed by atoms with Crippen LogP contribution >= 0.6 is 24.0 Å². The number of ether oxygens (including phenoxy) is 2. The van der Waals surface area contributed by atoms with E-state index in [-0.39, 0.29) is 48.6 Å². The molecule has 1 amide bonds. The van der Waals surface area contributed by atoms with Crippen molar-refractivity contribution < 1.29 is 14.3 Å². The Morgan fingerprint density at radius 3 is 2.72 bits per heavy atom. The molecule has 2 rings (SSSR count). The second-order valence-electron chi connectivity index (χ2n) is 7.40. The van der Waals surface area contributed by atoms with Gasteiger partial charge in [0.05, 0.1) is 12.6 Å². The SMILES string of the molecule is Cc1ccccc1OC(C)CNC(=NCC(=O)N(C)C)NCC1CCCCO1.I. The van der Waals surface area contributed by atoms with E-state index in [1.54, 1.807) is 14.1 Å². The van der Waals surface area contributed by atoms with Crippen LogP contribution in [-0.4, -0.2) is 69.3 Å². The summed E-state index contributed by atoms with van der Waals surface area (Å²) in [6.45, 7) is 6.19. The van der Waals surface area contributed by atoms with E-state index in [4.69, 9.17) is 9.47 Å². The molecular weight excluding hydrogens is 483 g/mol. The van der Waals surface area contributed by atoms with E-state index in [2.05, 4.69) is 15.6 Å². The number of carbonyl (C=O) groups excluding carboxylic acids is 1. The number of likely N-dealkylation sites (N-methyl/N-ethyl adjacent to an activating group) is 1. The number of halogens is 1. The van der Waals surface area contributed by atoms with Crippen molar-refractivity contribution in [2.75, 3.05) is 40.3 Å². The number of para-hydroxylation sites is 1. The molecule has 2 unspecified atom stereocenters. The highest BCUT2D eigenvalue weighted by molar-refractivity contribution is 14.0. The van der Waals surface area contributed by atoms with Gasteiger partial charge in [0.1, 0.15) is 18.4 Å². The fourth-order valence-electron chi connectivity index (χ4n) is 2.83. The van der Waals surface area contributed by atoms with Crippen LogP contribution < -0.4 is 15.4 Å². The molecule has 1 fully saturated rings. The smallest absolute Gasteiger partial charge is 0.243 e. The fraction of sp³-hybridized carbons (Fsp3) is 0.619. The Balaban J connectivity index is 0.00000420. The molecule has 2 N–H and O–H groups in total. The highest BCUT2D eigenvalue weighted by Gasteiger charge is 2.15. The third-order valence-corrected chi connectivity index (χ3v) is 4.62. The molecule has 0 radical (unpaired) electrons. The summed E-state index contributed by atoms with van der Waals surface area (Å²) < 4.78 is 11.8. The third-order valence-electron chi connectivity index (χ3n) is 4.62. The Morgan fingerprint density at radius 1 is 1.31 bits per heavy atom. The summed E-state index contributed by atoms with van der Waals surface area (Å²) in [5.41, 5.74) is 1.10. The number of guanidine groups is 1. The third kappa shape index (κ3) is 9.66. The van der Waals surface area contributed by atoms with E-state index in [9.17, 15) is 4.79 Å². The molecule has 1 aromatic carbocycles. The summed E-state index contributed by atoms with van der Waals surface area (Å²) in [6, 6.07) is 7.96. The molecule has 1 saturated heterocycles. The first-order valence-corrected chi connectivity index (χ1v) is 10.0. The maximum absolute atomic E-state index is 11.9. The van der Waals surface area contributed by atoms with E-state index < -0.39 is 0 Å². The van der Waals surface area contributed by atoms with Crippen molar-refractivity contribution in [2.45, 2.75) is 45.3 Å². The number of amides is 1. The van der Waals surface area contributed by atoms with Crippen molar-refractivity contribution in [2.24, 2.45) is 4.99 Å². The standard InChI is InChI=1S/C21H34N4O3.HI/c1-16-9-5-6-11-19(16)28-17(2)13-22-21(24-15-20(26)25(3)4)23-14-18-10-7-8-12-27-18;/h5-6,9,11,17-18H,7-8,10,12-15H2,1-4H3,(H2,22,23,24);1H. The molecule has 164 valence electrons. The van der Waals surface area contributed by atoms with Gasteiger partial charge >= 0.3 is 0 Å². The van der Waals surface area contributed by atoms with Crippen LogP contribution in [0, 0.1) is 6.92 Å². The number of nitrogens with zero attached hydrogens (tertiary/aromatic N) is 2.